The van der Waals surface area contributed by atoms with Crippen molar-refractivity contribution in [2.75, 3.05) is 25.1 Å². The van der Waals surface area contributed by atoms with E-state index in [1.807, 2.05) is 36.6 Å². The van der Waals surface area contributed by atoms with Gasteiger partial charge in [-0.25, -0.2) is 9.59 Å². The second-order valence-electron chi connectivity index (χ2n) is 15.4. The Morgan fingerprint density at radius 2 is 1.52 bits per heavy atom. The van der Waals surface area contributed by atoms with E-state index in [1.165, 1.54) is 20.3 Å². The molecule has 5 amide bonds. The molecule has 2 fully saturated rings. The summed E-state index contributed by atoms with van der Waals surface area (Å²) in [4.78, 5) is 55.2. The number of piperidine rings is 1. The summed E-state index contributed by atoms with van der Waals surface area (Å²) in [5, 5.41) is 33.5. The summed E-state index contributed by atoms with van der Waals surface area (Å²) >= 11 is 1.55. The molecule has 0 bridgehead atoms. The zero-order valence-corrected chi connectivity index (χ0v) is 31.7. The van der Waals surface area contributed by atoms with Gasteiger partial charge in [0.1, 0.15) is 23.8 Å². The van der Waals surface area contributed by atoms with E-state index in [9.17, 15) is 29.4 Å². The molecule has 1 aromatic rings. The Morgan fingerprint density at radius 3 is 2.10 bits per heavy atom. The maximum Gasteiger partial charge on any atom is 0.407 e. The van der Waals surface area contributed by atoms with E-state index < -0.39 is 59.4 Å². The molecule has 1 heterocycles. The van der Waals surface area contributed by atoms with E-state index in [-0.39, 0.29) is 12.5 Å². The average Bonchev–Trinajstić information content (AvgIpc) is 3.05. The van der Waals surface area contributed by atoms with E-state index >= 15 is 0 Å². The van der Waals surface area contributed by atoms with Gasteiger partial charge in [-0.3, -0.25) is 9.59 Å². The molecule has 13 heteroatoms. The Balaban J connectivity index is 1.71. The predicted octanol–water partition coefficient (Wildman–Crippen LogP) is 4.12. The summed E-state index contributed by atoms with van der Waals surface area (Å²) in [6.45, 7) is 9.24. The van der Waals surface area contributed by atoms with E-state index in [0.29, 0.717) is 50.4 Å². The first-order valence-electron chi connectivity index (χ1n) is 18.1. The highest BCUT2D eigenvalue weighted by atomic mass is 32.2. The number of nitrogens with one attached hydrogen (secondary N) is 4. The number of aliphatic hydroxyl groups is 2. The Kier molecular flexibility index (Phi) is 16.2. The molecular weight excluding hydrogens is 659 g/mol. The largest absolute Gasteiger partial charge is 0.444 e. The third kappa shape index (κ3) is 14.3. The molecular formula is C37H61N5O7S. The molecule has 3 rings (SSSR count). The van der Waals surface area contributed by atoms with Crippen molar-refractivity contribution in [3.8, 4) is 0 Å². The van der Waals surface area contributed by atoms with E-state index in [0.717, 1.165) is 31.2 Å². The van der Waals surface area contributed by atoms with Crippen molar-refractivity contribution in [2.24, 2.45) is 5.92 Å². The fraction of sp³-hybridized carbons (Fsp3) is 0.730. The standard InChI is InChI=1S/C37H61N5O7S/c1-36(2,3)49-35(47)38-27-17-20-42(21-18-27)34(46)41-30(24-26-15-11-8-12-16-26)33(45)39-28(19-22-50-6)32(44)40-29(31(43)37(4,5)48)23-25-13-9-7-10-14-25/h8,11-12,15-16,25,27-31,43,48H,7,9-10,13-14,17-24H2,1-6H3,(H,38,47)(H,39,45)(H,40,44)(H,41,46)/t28-,29-,30-,31-/m0/s1. The van der Waals surface area contributed by atoms with Crippen molar-refractivity contribution in [2.45, 2.75) is 140 Å². The summed E-state index contributed by atoms with van der Waals surface area (Å²) in [7, 11) is 0. The number of alkyl carbamates (subject to hydrolysis) is 1. The second kappa shape index (κ2) is 19.5. The monoisotopic (exact) mass is 719 g/mol. The van der Waals surface area contributed by atoms with Gasteiger partial charge >= 0.3 is 12.1 Å². The molecule has 0 unspecified atom stereocenters. The minimum Gasteiger partial charge on any atom is -0.444 e. The van der Waals surface area contributed by atoms with Gasteiger partial charge in [-0.15, -0.1) is 0 Å². The van der Waals surface area contributed by atoms with Gasteiger partial charge in [0.25, 0.3) is 0 Å². The first-order valence-corrected chi connectivity index (χ1v) is 19.5. The number of aliphatic hydroxyl groups excluding tert-OH is 1. The number of hydrogen-bond donors (Lipinski definition) is 6. The molecule has 1 saturated carbocycles. The lowest BCUT2D eigenvalue weighted by Crippen LogP contribution is -2.60. The fourth-order valence-electron chi connectivity index (χ4n) is 6.60. The van der Waals surface area contributed by atoms with E-state index in [1.54, 1.807) is 37.4 Å². The highest BCUT2D eigenvalue weighted by Gasteiger charge is 2.37. The lowest BCUT2D eigenvalue weighted by atomic mass is 9.81. The maximum atomic E-state index is 13.9. The molecule has 0 aromatic heterocycles. The van der Waals surface area contributed by atoms with Crippen LogP contribution >= 0.6 is 11.8 Å². The van der Waals surface area contributed by atoms with Gasteiger partial charge in [-0.1, -0.05) is 62.4 Å². The summed E-state index contributed by atoms with van der Waals surface area (Å²) < 4.78 is 5.36. The van der Waals surface area contributed by atoms with Crippen LogP contribution in [-0.2, 0) is 20.7 Å². The number of nitrogens with zero attached hydrogens (tertiary/aromatic N) is 1. The highest BCUT2D eigenvalue weighted by Crippen LogP contribution is 2.29. The molecule has 1 aliphatic carbocycles. The average molecular weight is 720 g/mol. The van der Waals surface area contributed by atoms with Gasteiger partial charge in [0.05, 0.1) is 11.6 Å². The number of rotatable bonds is 15. The van der Waals surface area contributed by atoms with E-state index in [4.69, 9.17) is 4.74 Å². The number of thioether (sulfide) groups is 1. The first-order chi connectivity index (χ1) is 23.6. The van der Waals surface area contributed by atoms with Gasteiger partial charge in [0, 0.05) is 25.6 Å². The number of hydrogen-bond acceptors (Lipinski definition) is 8. The Labute approximate surface area is 302 Å². The summed E-state index contributed by atoms with van der Waals surface area (Å²) in [6.07, 6.45) is 7.82. The smallest absolute Gasteiger partial charge is 0.407 e. The van der Waals surface area contributed by atoms with Crippen LogP contribution < -0.4 is 21.3 Å². The van der Waals surface area contributed by atoms with Crippen LogP contribution in [0.3, 0.4) is 0 Å². The Morgan fingerprint density at radius 1 is 0.900 bits per heavy atom. The summed E-state index contributed by atoms with van der Waals surface area (Å²) in [5.74, 6) is 0.00776. The van der Waals surface area contributed by atoms with Crippen molar-refractivity contribution >= 4 is 35.7 Å². The number of carbonyl (C=O) groups excluding carboxylic acids is 4. The van der Waals surface area contributed by atoms with Crippen molar-refractivity contribution in [3.05, 3.63) is 35.9 Å². The molecule has 282 valence electrons. The van der Waals surface area contributed by atoms with Crippen LogP contribution in [0.2, 0.25) is 0 Å². The molecule has 12 nitrogen and oxygen atoms in total. The number of amides is 5. The van der Waals surface area contributed by atoms with Crippen LogP contribution in [0.1, 0.15) is 98.0 Å². The van der Waals surface area contributed by atoms with Crippen LogP contribution in [0.25, 0.3) is 0 Å². The topological polar surface area (TPSA) is 169 Å². The number of carbonyl (C=O) groups is 4. The van der Waals surface area contributed by atoms with Gasteiger partial charge in [0.15, 0.2) is 0 Å². The minimum absolute atomic E-state index is 0.134. The predicted molar refractivity (Wildman–Crippen MR) is 197 cm³/mol. The third-order valence-electron chi connectivity index (χ3n) is 9.39. The van der Waals surface area contributed by atoms with Crippen molar-refractivity contribution in [1.82, 2.24) is 26.2 Å². The lowest BCUT2D eigenvalue weighted by molar-refractivity contribution is -0.132. The summed E-state index contributed by atoms with van der Waals surface area (Å²) in [5.41, 5.74) is -1.20. The van der Waals surface area contributed by atoms with Crippen molar-refractivity contribution < 1.29 is 34.1 Å². The molecule has 4 atom stereocenters. The molecule has 0 spiro atoms. The van der Waals surface area contributed by atoms with Crippen LogP contribution in [0.15, 0.2) is 30.3 Å². The molecule has 1 saturated heterocycles. The van der Waals surface area contributed by atoms with E-state index in [2.05, 4.69) is 21.3 Å². The number of urea groups is 1. The van der Waals surface area contributed by atoms with Gasteiger partial charge in [-0.2, -0.15) is 11.8 Å². The maximum absolute atomic E-state index is 13.9. The molecule has 1 aromatic carbocycles. The SMILES string of the molecule is CSCC[C@H](NC(=O)[C@H](Cc1ccccc1)NC(=O)N1CCC(NC(=O)OC(C)(C)C)CC1)C(=O)N[C@@H](CC1CCCCC1)[C@H](O)C(C)(C)O. The van der Waals surface area contributed by atoms with Crippen LogP contribution in [-0.4, -0.2) is 106 Å². The molecule has 0 radical (unpaired) electrons. The molecule has 6 N–H and O–H groups in total. The Hall–Kier alpha value is -3.03. The van der Waals surface area contributed by atoms with Crippen LogP contribution in [0.4, 0.5) is 9.59 Å². The summed E-state index contributed by atoms with van der Waals surface area (Å²) in [6, 6.07) is 6.27. The number of likely N-dealkylation sites (tertiary alicyclic amines) is 1. The van der Waals surface area contributed by atoms with Crippen LogP contribution in [0.5, 0.6) is 0 Å². The fourth-order valence-corrected chi connectivity index (χ4v) is 7.07. The normalized spacial score (nSPS) is 18.7. The van der Waals surface area contributed by atoms with Crippen molar-refractivity contribution in [3.63, 3.8) is 0 Å². The van der Waals surface area contributed by atoms with Gasteiger partial charge < -0.3 is 41.1 Å². The molecule has 1 aliphatic heterocycles. The third-order valence-corrected chi connectivity index (χ3v) is 10.0. The van der Waals surface area contributed by atoms with Gasteiger partial charge in [0.2, 0.25) is 11.8 Å². The molecule has 50 heavy (non-hydrogen) atoms. The Bertz CT molecular complexity index is 1220. The lowest BCUT2D eigenvalue weighted by Gasteiger charge is -2.36. The van der Waals surface area contributed by atoms with Crippen molar-refractivity contribution in [1.29, 1.82) is 0 Å². The quantitative estimate of drug-likeness (QED) is 0.157. The first kappa shape index (κ1) is 41.4. The van der Waals surface area contributed by atoms with Crippen LogP contribution in [0, 0.1) is 5.92 Å². The second-order valence-corrected chi connectivity index (χ2v) is 16.4. The number of benzene rings is 1. The van der Waals surface area contributed by atoms with Gasteiger partial charge in [-0.05, 0) is 83.8 Å². The minimum atomic E-state index is -1.43. The molecule has 2 aliphatic rings. The zero-order valence-electron chi connectivity index (χ0n) is 30.8. The number of ether oxygens (including phenoxy) is 1. The zero-order chi connectivity index (χ0) is 36.9. The highest BCUT2D eigenvalue weighted by molar-refractivity contribution is 7.98.